The van der Waals surface area contributed by atoms with Gasteiger partial charge in [0.25, 0.3) is 0 Å². The zero-order valence-corrected chi connectivity index (χ0v) is 11.3. The SMILES string of the molecule is COCC(C=Cc1ccccc1)OCCOCCO. The van der Waals surface area contributed by atoms with E-state index in [1.807, 2.05) is 42.5 Å². The molecule has 106 valence electrons. The molecule has 0 aliphatic heterocycles. The molecule has 1 aromatic carbocycles. The lowest BCUT2D eigenvalue weighted by Gasteiger charge is -2.13. The Balaban J connectivity index is 2.33. The first-order chi connectivity index (χ1) is 9.36. The number of methoxy groups -OCH3 is 1. The van der Waals surface area contributed by atoms with E-state index in [0.717, 1.165) is 5.56 Å². The van der Waals surface area contributed by atoms with Crippen LogP contribution in [0.25, 0.3) is 6.08 Å². The van der Waals surface area contributed by atoms with Crippen molar-refractivity contribution in [3.8, 4) is 0 Å². The minimum absolute atomic E-state index is 0.0371. The number of aliphatic hydroxyl groups is 1. The van der Waals surface area contributed by atoms with Crippen molar-refractivity contribution < 1.29 is 19.3 Å². The lowest BCUT2D eigenvalue weighted by molar-refractivity contribution is -0.0119. The second-order valence-corrected chi connectivity index (χ2v) is 3.97. The number of rotatable bonds is 10. The average Bonchev–Trinajstić information content (AvgIpc) is 2.45. The summed E-state index contributed by atoms with van der Waals surface area (Å²) in [5.74, 6) is 0. The molecule has 4 nitrogen and oxygen atoms in total. The molecule has 0 spiro atoms. The largest absolute Gasteiger partial charge is 0.394 e. The van der Waals surface area contributed by atoms with Crippen molar-refractivity contribution in [2.75, 3.05) is 40.1 Å². The molecule has 1 N–H and O–H groups in total. The Bertz CT molecular complexity index is 337. The molecule has 1 unspecified atom stereocenters. The molecule has 0 aliphatic carbocycles. The molecular weight excluding hydrogens is 244 g/mol. The quantitative estimate of drug-likeness (QED) is 0.655. The molecule has 0 saturated heterocycles. The van der Waals surface area contributed by atoms with E-state index in [1.54, 1.807) is 7.11 Å². The lowest BCUT2D eigenvalue weighted by Crippen LogP contribution is -2.19. The van der Waals surface area contributed by atoms with Crippen LogP contribution >= 0.6 is 0 Å². The van der Waals surface area contributed by atoms with Gasteiger partial charge in [0.2, 0.25) is 0 Å². The van der Waals surface area contributed by atoms with E-state index in [1.165, 1.54) is 0 Å². The van der Waals surface area contributed by atoms with Crippen molar-refractivity contribution in [1.29, 1.82) is 0 Å². The summed E-state index contributed by atoms with van der Waals surface area (Å²) in [6.45, 7) is 1.84. The van der Waals surface area contributed by atoms with E-state index < -0.39 is 0 Å². The van der Waals surface area contributed by atoms with E-state index in [0.29, 0.717) is 26.4 Å². The van der Waals surface area contributed by atoms with Crippen molar-refractivity contribution in [2.24, 2.45) is 0 Å². The van der Waals surface area contributed by atoms with Crippen LogP contribution in [0.5, 0.6) is 0 Å². The number of aliphatic hydroxyl groups excluding tert-OH is 1. The van der Waals surface area contributed by atoms with Gasteiger partial charge in [0.15, 0.2) is 0 Å². The first-order valence-electron chi connectivity index (χ1n) is 6.39. The number of hydrogen-bond acceptors (Lipinski definition) is 4. The molecule has 0 saturated carbocycles. The van der Waals surface area contributed by atoms with Gasteiger partial charge in [0.1, 0.15) is 0 Å². The second-order valence-electron chi connectivity index (χ2n) is 3.97. The van der Waals surface area contributed by atoms with E-state index >= 15 is 0 Å². The molecule has 0 radical (unpaired) electrons. The fourth-order valence-corrected chi connectivity index (χ4v) is 1.53. The van der Waals surface area contributed by atoms with Crippen molar-refractivity contribution in [3.63, 3.8) is 0 Å². The van der Waals surface area contributed by atoms with Gasteiger partial charge in [-0.3, -0.25) is 0 Å². The van der Waals surface area contributed by atoms with E-state index in [9.17, 15) is 0 Å². The molecule has 0 aromatic heterocycles. The van der Waals surface area contributed by atoms with Crippen LogP contribution in [-0.2, 0) is 14.2 Å². The van der Waals surface area contributed by atoms with Gasteiger partial charge in [-0.05, 0) is 5.56 Å². The molecule has 0 heterocycles. The summed E-state index contributed by atoms with van der Waals surface area (Å²) in [7, 11) is 1.65. The summed E-state index contributed by atoms with van der Waals surface area (Å²) in [4.78, 5) is 0. The fourth-order valence-electron chi connectivity index (χ4n) is 1.53. The Labute approximate surface area is 114 Å². The minimum Gasteiger partial charge on any atom is -0.394 e. The minimum atomic E-state index is -0.0945. The fraction of sp³-hybridized carbons (Fsp3) is 0.467. The Morgan fingerprint density at radius 1 is 1.16 bits per heavy atom. The summed E-state index contributed by atoms with van der Waals surface area (Å²) >= 11 is 0. The lowest BCUT2D eigenvalue weighted by atomic mass is 10.2. The zero-order valence-electron chi connectivity index (χ0n) is 11.3. The maximum atomic E-state index is 8.57. The molecule has 0 fully saturated rings. The maximum absolute atomic E-state index is 8.57. The van der Waals surface area contributed by atoms with Crippen LogP contribution in [0.4, 0.5) is 0 Å². The van der Waals surface area contributed by atoms with Gasteiger partial charge < -0.3 is 19.3 Å². The number of hydrogen-bond donors (Lipinski definition) is 1. The first-order valence-corrected chi connectivity index (χ1v) is 6.39. The summed E-state index contributed by atoms with van der Waals surface area (Å²) in [5, 5.41) is 8.57. The van der Waals surface area contributed by atoms with E-state index in [4.69, 9.17) is 19.3 Å². The van der Waals surface area contributed by atoms with Gasteiger partial charge >= 0.3 is 0 Å². The third kappa shape index (κ3) is 7.74. The number of ether oxygens (including phenoxy) is 3. The third-order valence-corrected chi connectivity index (χ3v) is 2.43. The van der Waals surface area contributed by atoms with Gasteiger partial charge in [-0.2, -0.15) is 0 Å². The monoisotopic (exact) mass is 266 g/mol. The van der Waals surface area contributed by atoms with Gasteiger partial charge in [-0.25, -0.2) is 0 Å². The highest BCUT2D eigenvalue weighted by molar-refractivity contribution is 5.49. The molecule has 19 heavy (non-hydrogen) atoms. The predicted molar refractivity (Wildman–Crippen MR) is 75.0 cm³/mol. The summed E-state index contributed by atoms with van der Waals surface area (Å²) in [5.41, 5.74) is 1.13. The Hall–Kier alpha value is -1.20. The molecule has 0 amide bonds. The second kappa shape index (κ2) is 10.7. The topological polar surface area (TPSA) is 47.9 Å². The average molecular weight is 266 g/mol. The summed E-state index contributed by atoms with van der Waals surface area (Å²) in [6, 6.07) is 10.0. The van der Waals surface area contributed by atoms with Crippen LogP contribution in [0.1, 0.15) is 5.56 Å². The van der Waals surface area contributed by atoms with Crippen LogP contribution in [0.3, 0.4) is 0 Å². The van der Waals surface area contributed by atoms with Gasteiger partial charge in [-0.15, -0.1) is 0 Å². The van der Waals surface area contributed by atoms with Crippen LogP contribution in [-0.4, -0.2) is 51.4 Å². The Morgan fingerprint density at radius 3 is 2.63 bits per heavy atom. The number of benzene rings is 1. The third-order valence-electron chi connectivity index (χ3n) is 2.43. The first kappa shape index (κ1) is 15.9. The zero-order chi connectivity index (χ0) is 13.8. The normalized spacial score (nSPS) is 12.9. The van der Waals surface area contributed by atoms with Gasteiger partial charge in [0, 0.05) is 7.11 Å². The van der Waals surface area contributed by atoms with Crippen LogP contribution < -0.4 is 0 Å². The highest BCUT2D eigenvalue weighted by Crippen LogP contribution is 2.04. The highest BCUT2D eigenvalue weighted by atomic mass is 16.5. The highest BCUT2D eigenvalue weighted by Gasteiger charge is 2.04. The van der Waals surface area contributed by atoms with Gasteiger partial charge in [-0.1, -0.05) is 42.5 Å². The van der Waals surface area contributed by atoms with Gasteiger partial charge in [0.05, 0.1) is 39.1 Å². The van der Waals surface area contributed by atoms with Crippen molar-refractivity contribution >= 4 is 6.08 Å². The van der Waals surface area contributed by atoms with Crippen LogP contribution in [0.15, 0.2) is 36.4 Å². The van der Waals surface area contributed by atoms with Crippen molar-refractivity contribution in [3.05, 3.63) is 42.0 Å². The summed E-state index contributed by atoms with van der Waals surface area (Å²) < 4.78 is 15.9. The smallest absolute Gasteiger partial charge is 0.0993 e. The molecule has 0 bridgehead atoms. The maximum Gasteiger partial charge on any atom is 0.0993 e. The van der Waals surface area contributed by atoms with E-state index in [2.05, 4.69) is 0 Å². The Morgan fingerprint density at radius 2 is 1.95 bits per heavy atom. The van der Waals surface area contributed by atoms with Crippen LogP contribution in [0, 0.1) is 0 Å². The van der Waals surface area contributed by atoms with Crippen LogP contribution in [0.2, 0.25) is 0 Å². The molecule has 0 aliphatic rings. The summed E-state index contributed by atoms with van der Waals surface area (Å²) in [6.07, 6.45) is 3.89. The molecule has 1 rings (SSSR count). The molecule has 1 aromatic rings. The Kier molecular flexibility index (Phi) is 8.93. The van der Waals surface area contributed by atoms with Crippen molar-refractivity contribution in [2.45, 2.75) is 6.10 Å². The standard InChI is InChI=1S/C15H22O4/c1-17-13-15(19-12-11-18-10-9-16)8-7-14-5-3-2-4-6-14/h2-8,15-16H,9-13H2,1H3. The molecule has 1 atom stereocenters. The predicted octanol–water partition coefficient (Wildman–Crippen LogP) is 1.74. The molecule has 4 heteroatoms. The van der Waals surface area contributed by atoms with Crippen molar-refractivity contribution in [1.82, 2.24) is 0 Å². The van der Waals surface area contributed by atoms with E-state index in [-0.39, 0.29) is 12.7 Å². The molecular formula is C15H22O4.